The van der Waals surface area contributed by atoms with Crippen LogP contribution in [-0.2, 0) is 17.1 Å². The number of rotatable bonds is 3. The third-order valence-corrected chi connectivity index (χ3v) is 5.73. The maximum atomic E-state index is 11.9. The van der Waals surface area contributed by atoms with E-state index in [0.29, 0.717) is 42.9 Å². The predicted molar refractivity (Wildman–Crippen MR) is 92.9 cm³/mol. The average molecular weight is 372 g/mol. The Labute approximate surface area is 144 Å². The number of fused-ring (bicyclic) bond motifs is 1. The molecule has 0 bridgehead atoms. The number of sulfonamides is 1. The number of halogens is 1. The van der Waals surface area contributed by atoms with Gasteiger partial charge in [0.25, 0.3) is 5.56 Å². The van der Waals surface area contributed by atoms with Gasteiger partial charge in [-0.15, -0.1) is 0 Å². The number of hydrogen-bond donors (Lipinski definition) is 1. The van der Waals surface area contributed by atoms with Gasteiger partial charge in [-0.05, 0) is 18.9 Å². The van der Waals surface area contributed by atoms with Gasteiger partial charge in [0.05, 0.1) is 6.26 Å². The zero-order chi connectivity index (χ0) is 17.5. The quantitative estimate of drug-likeness (QED) is 0.857. The van der Waals surface area contributed by atoms with Crippen molar-refractivity contribution in [2.45, 2.75) is 18.9 Å². The lowest BCUT2D eigenvalue weighted by Gasteiger charge is -2.30. The summed E-state index contributed by atoms with van der Waals surface area (Å²) < 4.78 is 25.9. The fourth-order valence-corrected chi connectivity index (χ4v) is 3.91. The highest BCUT2D eigenvalue weighted by Gasteiger charge is 2.25. The van der Waals surface area contributed by atoms with Gasteiger partial charge in [-0.2, -0.15) is 4.98 Å². The molecule has 2 aromatic rings. The van der Waals surface area contributed by atoms with Gasteiger partial charge in [-0.3, -0.25) is 9.36 Å². The molecular weight excluding hydrogens is 354 g/mol. The molecule has 3 heterocycles. The molecule has 1 aliphatic heterocycles. The van der Waals surface area contributed by atoms with Gasteiger partial charge in [-0.1, -0.05) is 11.6 Å². The van der Waals surface area contributed by atoms with Gasteiger partial charge in [0.1, 0.15) is 10.7 Å². The smallest absolute Gasteiger partial charge is 0.270 e. The van der Waals surface area contributed by atoms with Crippen LogP contribution in [0.2, 0.25) is 5.02 Å². The standard InChI is InChI=1S/C14H18ClN5O3S/c1-19-12-9(7-11(15)13(19)21)8-16-14(18-12)17-10-3-5-20(6-4-10)24(2,22)23/h7-8,10H,3-6H2,1-2H3,(H,16,17,18). The summed E-state index contributed by atoms with van der Waals surface area (Å²) in [6.45, 7) is 0.941. The van der Waals surface area contributed by atoms with Crippen molar-refractivity contribution >= 4 is 38.6 Å². The zero-order valence-electron chi connectivity index (χ0n) is 13.4. The van der Waals surface area contributed by atoms with E-state index in [4.69, 9.17) is 11.6 Å². The molecule has 0 amide bonds. The molecule has 0 unspecified atom stereocenters. The van der Waals surface area contributed by atoms with Gasteiger partial charge in [0.15, 0.2) is 0 Å². The first-order valence-electron chi connectivity index (χ1n) is 7.49. The number of anilines is 1. The van der Waals surface area contributed by atoms with Crippen molar-refractivity contribution in [3.05, 3.63) is 27.6 Å². The SMILES string of the molecule is Cn1c(=O)c(Cl)cc2cnc(NC3CCN(S(C)(=O)=O)CC3)nc21. The molecule has 130 valence electrons. The van der Waals surface area contributed by atoms with Crippen LogP contribution in [0, 0.1) is 0 Å². The number of aryl methyl sites for hydroxylation is 1. The van der Waals surface area contributed by atoms with Crippen LogP contribution in [0.1, 0.15) is 12.8 Å². The second-order valence-electron chi connectivity index (χ2n) is 5.91. The number of nitrogens with one attached hydrogen (secondary N) is 1. The third-order valence-electron chi connectivity index (χ3n) is 4.16. The van der Waals surface area contributed by atoms with Crippen molar-refractivity contribution < 1.29 is 8.42 Å². The van der Waals surface area contributed by atoms with Crippen LogP contribution in [0.15, 0.2) is 17.1 Å². The number of piperidine rings is 1. The number of pyridine rings is 1. The first-order valence-corrected chi connectivity index (χ1v) is 9.72. The summed E-state index contributed by atoms with van der Waals surface area (Å²) in [5.74, 6) is 0.414. The van der Waals surface area contributed by atoms with Crippen LogP contribution in [0.3, 0.4) is 0 Å². The van der Waals surface area contributed by atoms with Crippen molar-refractivity contribution in [1.29, 1.82) is 0 Å². The van der Waals surface area contributed by atoms with E-state index in [9.17, 15) is 13.2 Å². The zero-order valence-corrected chi connectivity index (χ0v) is 14.9. The van der Waals surface area contributed by atoms with Crippen molar-refractivity contribution in [2.24, 2.45) is 7.05 Å². The number of aromatic nitrogens is 3. The lowest BCUT2D eigenvalue weighted by Crippen LogP contribution is -2.42. The average Bonchev–Trinajstić information content (AvgIpc) is 2.53. The maximum absolute atomic E-state index is 11.9. The Morgan fingerprint density at radius 3 is 2.62 bits per heavy atom. The van der Waals surface area contributed by atoms with Crippen LogP contribution in [0.5, 0.6) is 0 Å². The molecule has 0 saturated carbocycles. The minimum absolute atomic E-state index is 0.0878. The van der Waals surface area contributed by atoms with Gasteiger partial charge in [0, 0.05) is 37.8 Å². The summed E-state index contributed by atoms with van der Waals surface area (Å²) in [4.78, 5) is 20.5. The Kier molecular flexibility index (Phi) is 4.50. The second-order valence-corrected chi connectivity index (χ2v) is 8.30. The molecule has 8 nitrogen and oxygen atoms in total. The Balaban J connectivity index is 1.78. The predicted octanol–water partition coefficient (Wildman–Crippen LogP) is 0.818. The topological polar surface area (TPSA) is 97.2 Å². The van der Waals surface area contributed by atoms with Crippen molar-refractivity contribution in [3.63, 3.8) is 0 Å². The van der Waals surface area contributed by atoms with E-state index in [-0.39, 0.29) is 16.6 Å². The minimum Gasteiger partial charge on any atom is -0.351 e. The molecular formula is C14H18ClN5O3S. The van der Waals surface area contributed by atoms with E-state index in [1.165, 1.54) is 15.1 Å². The largest absolute Gasteiger partial charge is 0.351 e. The van der Waals surface area contributed by atoms with E-state index >= 15 is 0 Å². The molecule has 0 atom stereocenters. The van der Waals surface area contributed by atoms with Crippen molar-refractivity contribution in [2.75, 3.05) is 24.7 Å². The molecule has 10 heteroatoms. The number of hydrogen-bond acceptors (Lipinski definition) is 6. The van der Waals surface area contributed by atoms with Gasteiger partial charge in [-0.25, -0.2) is 17.7 Å². The van der Waals surface area contributed by atoms with Gasteiger partial charge >= 0.3 is 0 Å². The minimum atomic E-state index is -3.14. The Morgan fingerprint density at radius 2 is 2.00 bits per heavy atom. The molecule has 1 saturated heterocycles. The Morgan fingerprint density at radius 1 is 1.33 bits per heavy atom. The van der Waals surface area contributed by atoms with Crippen molar-refractivity contribution in [1.82, 2.24) is 18.8 Å². The lowest BCUT2D eigenvalue weighted by atomic mass is 10.1. The van der Waals surface area contributed by atoms with Crippen molar-refractivity contribution in [3.8, 4) is 0 Å². The summed E-state index contributed by atoms with van der Waals surface area (Å²) in [7, 11) is -1.53. The van der Waals surface area contributed by atoms with Gasteiger partial charge < -0.3 is 5.32 Å². The summed E-state index contributed by atoms with van der Waals surface area (Å²) in [6.07, 6.45) is 4.18. The molecule has 0 spiro atoms. The monoisotopic (exact) mass is 371 g/mol. The van der Waals surface area contributed by atoms with E-state index < -0.39 is 10.0 Å². The van der Waals surface area contributed by atoms with Gasteiger partial charge in [0.2, 0.25) is 16.0 Å². The summed E-state index contributed by atoms with van der Waals surface area (Å²) in [5.41, 5.74) is 0.186. The fourth-order valence-electron chi connectivity index (χ4n) is 2.79. The van der Waals surface area contributed by atoms with E-state index in [0.717, 1.165) is 0 Å². The summed E-state index contributed by atoms with van der Waals surface area (Å²) in [6, 6.07) is 1.64. The van der Waals surface area contributed by atoms with Crippen LogP contribution in [-0.4, -0.2) is 52.6 Å². The Hall–Kier alpha value is -1.71. The van der Waals surface area contributed by atoms with E-state index in [2.05, 4.69) is 15.3 Å². The first-order chi connectivity index (χ1) is 11.3. The van der Waals surface area contributed by atoms with Crippen LogP contribution >= 0.6 is 11.6 Å². The Bertz CT molecular complexity index is 935. The summed E-state index contributed by atoms with van der Waals surface area (Å²) in [5, 5.41) is 4.02. The van der Waals surface area contributed by atoms with E-state index in [1.807, 2.05) is 0 Å². The molecule has 1 fully saturated rings. The highest BCUT2D eigenvalue weighted by Crippen LogP contribution is 2.18. The van der Waals surface area contributed by atoms with Crippen LogP contribution in [0.4, 0.5) is 5.95 Å². The van der Waals surface area contributed by atoms with Crippen LogP contribution < -0.4 is 10.9 Å². The lowest BCUT2D eigenvalue weighted by molar-refractivity contribution is 0.331. The molecule has 24 heavy (non-hydrogen) atoms. The second kappa shape index (κ2) is 6.30. The first kappa shape index (κ1) is 17.1. The highest BCUT2D eigenvalue weighted by atomic mass is 35.5. The van der Waals surface area contributed by atoms with Crippen LogP contribution in [0.25, 0.3) is 11.0 Å². The maximum Gasteiger partial charge on any atom is 0.270 e. The normalized spacial score (nSPS) is 17.3. The highest BCUT2D eigenvalue weighted by molar-refractivity contribution is 7.88. The summed E-state index contributed by atoms with van der Waals surface area (Å²) >= 11 is 5.88. The molecule has 2 aromatic heterocycles. The third kappa shape index (κ3) is 3.38. The molecule has 3 rings (SSSR count). The molecule has 0 radical (unpaired) electrons. The molecule has 0 aliphatic carbocycles. The number of nitrogens with zero attached hydrogens (tertiary/aromatic N) is 4. The fraction of sp³-hybridized carbons (Fsp3) is 0.500. The van der Waals surface area contributed by atoms with E-state index in [1.54, 1.807) is 19.3 Å². The molecule has 0 aromatic carbocycles. The molecule has 1 aliphatic rings. The molecule has 1 N–H and O–H groups in total.